The normalized spacial score (nSPS) is 17.2. The smallest absolute Gasteiger partial charge is 0.179 e. The van der Waals surface area contributed by atoms with Crippen molar-refractivity contribution in [2.45, 2.75) is 17.7 Å². The van der Waals surface area contributed by atoms with Crippen LogP contribution >= 0.6 is 0 Å². The summed E-state index contributed by atoms with van der Waals surface area (Å²) in [7, 11) is -3.23. The average Bonchev–Trinajstić information content (AvgIpc) is 2.28. The Morgan fingerprint density at radius 1 is 1.47 bits per heavy atom. The number of anilines is 1. The molecule has 92 valence electrons. The molecule has 1 aromatic rings. The molecule has 0 aliphatic carbocycles. The van der Waals surface area contributed by atoms with Crippen LogP contribution in [-0.4, -0.2) is 32.7 Å². The van der Waals surface area contributed by atoms with E-state index in [0.717, 1.165) is 25.0 Å². The fourth-order valence-corrected chi connectivity index (χ4v) is 2.88. The molecule has 0 atom stereocenters. The lowest BCUT2D eigenvalue weighted by atomic mass is 10.1. The summed E-state index contributed by atoms with van der Waals surface area (Å²) in [5, 5.41) is 0. The van der Waals surface area contributed by atoms with E-state index in [1.54, 1.807) is 18.3 Å². The first-order valence-electron chi connectivity index (χ1n) is 5.55. The number of hydrogen-bond acceptors (Lipinski definition) is 4. The van der Waals surface area contributed by atoms with Crippen LogP contribution in [0.25, 0.3) is 0 Å². The third-order valence-electron chi connectivity index (χ3n) is 2.82. The molecule has 0 N–H and O–H groups in total. The minimum atomic E-state index is -3.23. The first-order chi connectivity index (χ1) is 7.98. The van der Waals surface area contributed by atoms with Gasteiger partial charge in [-0.2, -0.15) is 0 Å². The second kappa shape index (κ2) is 4.49. The van der Waals surface area contributed by atoms with Gasteiger partial charge < -0.3 is 4.90 Å². The topological polar surface area (TPSA) is 50.3 Å². The van der Waals surface area contributed by atoms with Gasteiger partial charge in [0.2, 0.25) is 0 Å². The van der Waals surface area contributed by atoms with E-state index < -0.39 is 9.84 Å². The molecule has 0 bridgehead atoms. The Hall–Kier alpha value is -1.36. The van der Waals surface area contributed by atoms with Crippen LogP contribution in [0.2, 0.25) is 0 Å². The molecule has 1 aliphatic rings. The van der Waals surface area contributed by atoms with Crippen LogP contribution < -0.4 is 4.90 Å². The predicted molar refractivity (Wildman–Crippen MR) is 67.9 cm³/mol. The summed E-state index contributed by atoms with van der Waals surface area (Å²) in [6.45, 7) is 5.49. The zero-order chi connectivity index (χ0) is 12.5. The van der Waals surface area contributed by atoms with Gasteiger partial charge in [-0.1, -0.05) is 12.2 Å². The molecule has 0 unspecified atom stereocenters. The molecule has 1 fully saturated rings. The highest BCUT2D eigenvalue weighted by molar-refractivity contribution is 7.90. The maximum Gasteiger partial charge on any atom is 0.179 e. The number of pyridine rings is 1. The Morgan fingerprint density at radius 2 is 2.24 bits per heavy atom. The number of nitrogens with zero attached hydrogens (tertiary/aromatic N) is 2. The molecule has 0 amide bonds. The monoisotopic (exact) mass is 252 g/mol. The Bertz CT molecular complexity index is 537. The molecule has 1 saturated heterocycles. The summed E-state index contributed by atoms with van der Waals surface area (Å²) in [5.41, 5.74) is 1.13. The van der Waals surface area contributed by atoms with Crippen LogP contribution in [0.1, 0.15) is 12.8 Å². The standard InChI is InChI=1S/C12H16N2O2S/c1-10-5-4-8-14(9-10)12-11(17(2,15)16)6-3-7-13-12/h3,6-7H,1,4-5,8-9H2,2H3. The van der Waals surface area contributed by atoms with E-state index in [0.29, 0.717) is 17.3 Å². The van der Waals surface area contributed by atoms with Crippen LogP contribution in [0.3, 0.4) is 0 Å². The van der Waals surface area contributed by atoms with Gasteiger partial charge in [0, 0.05) is 25.5 Å². The van der Waals surface area contributed by atoms with E-state index in [1.165, 1.54) is 6.26 Å². The highest BCUT2D eigenvalue weighted by atomic mass is 32.2. The van der Waals surface area contributed by atoms with Crippen molar-refractivity contribution in [2.75, 3.05) is 24.2 Å². The molecule has 17 heavy (non-hydrogen) atoms. The van der Waals surface area contributed by atoms with Crippen LogP contribution in [0.5, 0.6) is 0 Å². The van der Waals surface area contributed by atoms with Gasteiger partial charge in [0.1, 0.15) is 10.7 Å². The number of hydrogen-bond donors (Lipinski definition) is 0. The van der Waals surface area contributed by atoms with Gasteiger partial charge >= 0.3 is 0 Å². The van der Waals surface area contributed by atoms with Gasteiger partial charge in [0.15, 0.2) is 9.84 Å². The van der Waals surface area contributed by atoms with Crippen LogP contribution in [0.15, 0.2) is 35.4 Å². The Balaban J connectivity index is 2.41. The molecule has 1 aliphatic heterocycles. The van der Waals surface area contributed by atoms with Crippen LogP contribution in [-0.2, 0) is 9.84 Å². The molecule has 5 heteroatoms. The summed E-state index contributed by atoms with van der Waals surface area (Å²) in [6.07, 6.45) is 4.85. The largest absolute Gasteiger partial charge is 0.352 e. The lowest BCUT2D eigenvalue weighted by Gasteiger charge is -2.30. The van der Waals surface area contributed by atoms with Crippen molar-refractivity contribution in [3.63, 3.8) is 0 Å². The van der Waals surface area contributed by atoms with Gasteiger partial charge in [0.25, 0.3) is 0 Å². The van der Waals surface area contributed by atoms with Gasteiger partial charge in [-0.25, -0.2) is 13.4 Å². The minimum Gasteiger partial charge on any atom is -0.352 e. The van der Waals surface area contributed by atoms with Crippen molar-refractivity contribution in [3.05, 3.63) is 30.5 Å². The summed E-state index contributed by atoms with van der Waals surface area (Å²) >= 11 is 0. The van der Waals surface area contributed by atoms with E-state index in [2.05, 4.69) is 11.6 Å². The quantitative estimate of drug-likeness (QED) is 0.751. The Kier molecular flexibility index (Phi) is 3.19. The fourth-order valence-electron chi connectivity index (χ4n) is 2.04. The minimum absolute atomic E-state index is 0.301. The van der Waals surface area contributed by atoms with E-state index in [9.17, 15) is 8.42 Å². The molecule has 2 rings (SSSR count). The number of sulfone groups is 1. The Labute approximate surface area is 102 Å². The third kappa shape index (κ3) is 2.66. The molecule has 2 heterocycles. The van der Waals surface area contributed by atoms with Crippen molar-refractivity contribution in [2.24, 2.45) is 0 Å². The van der Waals surface area contributed by atoms with E-state index in [-0.39, 0.29) is 0 Å². The maximum atomic E-state index is 11.7. The second-order valence-corrected chi connectivity index (χ2v) is 6.36. The summed E-state index contributed by atoms with van der Waals surface area (Å²) < 4.78 is 23.4. The molecule has 0 spiro atoms. The Morgan fingerprint density at radius 3 is 2.88 bits per heavy atom. The highest BCUT2D eigenvalue weighted by Gasteiger charge is 2.21. The highest BCUT2D eigenvalue weighted by Crippen LogP contribution is 2.26. The van der Waals surface area contributed by atoms with E-state index in [4.69, 9.17) is 0 Å². The van der Waals surface area contributed by atoms with Crippen molar-refractivity contribution in [1.82, 2.24) is 4.98 Å². The summed E-state index contributed by atoms with van der Waals surface area (Å²) in [4.78, 5) is 6.50. The van der Waals surface area contributed by atoms with Crippen LogP contribution in [0, 0.1) is 0 Å². The number of piperidine rings is 1. The SMILES string of the molecule is C=C1CCCN(c2ncccc2S(C)(=O)=O)C1. The number of rotatable bonds is 2. The van der Waals surface area contributed by atoms with Crippen molar-refractivity contribution in [1.29, 1.82) is 0 Å². The lowest BCUT2D eigenvalue weighted by molar-refractivity contribution is 0.599. The zero-order valence-corrected chi connectivity index (χ0v) is 10.7. The molecule has 0 saturated carbocycles. The molecule has 1 aromatic heterocycles. The van der Waals surface area contributed by atoms with Gasteiger partial charge in [0.05, 0.1) is 0 Å². The zero-order valence-electron chi connectivity index (χ0n) is 9.89. The van der Waals surface area contributed by atoms with Crippen LogP contribution in [0.4, 0.5) is 5.82 Å². The molecule has 0 aromatic carbocycles. The molecule has 4 nitrogen and oxygen atoms in total. The third-order valence-corrected chi connectivity index (χ3v) is 3.94. The van der Waals surface area contributed by atoms with E-state index >= 15 is 0 Å². The van der Waals surface area contributed by atoms with Gasteiger partial charge in [-0.05, 0) is 25.0 Å². The second-order valence-electron chi connectivity index (χ2n) is 4.37. The average molecular weight is 252 g/mol. The summed E-state index contributed by atoms with van der Waals surface area (Å²) in [5.74, 6) is 0.552. The number of aromatic nitrogens is 1. The molecular weight excluding hydrogens is 236 g/mol. The van der Waals surface area contributed by atoms with Gasteiger partial charge in [-0.15, -0.1) is 0 Å². The van der Waals surface area contributed by atoms with Gasteiger partial charge in [-0.3, -0.25) is 0 Å². The summed E-state index contributed by atoms with van der Waals surface area (Å²) in [6, 6.07) is 3.26. The molecular formula is C12H16N2O2S. The first kappa shape index (κ1) is 12.1. The van der Waals surface area contributed by atoms with Crippen molar-refractivity contribution < 1.29 is 8.42 Å². The lowest BCUT2D eigenvalue weighted by Crippen LogP contribution is -2.32. The predicted octanol–water partition coefficient (Wildman–Crippen LogP) is 1.64. The van der Waals surface area contributed by atoms with Crippen molar-refractivity contribution in [3.8, 4) is 0 Å². The maximum absolute atomic E-state index is 11.7. The molecule has 0 radical (unpaired) electrons. The van der Waals surface area contributed by atoms with E-state index in [1.807, 2.05) is 4.90 Å². The first-order valence-corrected chi connectivity index (χ1v) is 7.44. The van der Waals surface area contributed by atoms with Crippen molar-refractivity contribution >= 4 is 15.7 Å². The fraction of sp³-hybridized carbons (Fsp3) is 0.417.